The number of anilines is 3. The van der Waals surface area contributed by atoms with Crippen LogP contribution < -0.4 is 20.9 Å². The molecule has 1 saturated carbocycles. The number of imide groups is 1. The highest BCUT2D eigenvalue weighted by atomic mass is 35.5. The first-order valence-electron chi connectivity index (χ1n) is 18.7. The molecule has 3 atom stereocenters. The predicted octanol–water partition coefficient (Wildman–Crippen LogP) is 4.50. The van der Waals surface area contributed by atoms with Gasteiger partial charge in [-0.05, 0) is 108 Å². The van der Waals surface area contributed by atoms with Crippen LogP contribution in [0.25, 0.3) is 0 Å². The van der Waals surface area contributed by atoms with Crippen molar-refractivity contribution in [2.45, 2.75) is 102 Å². The van der Waals surface area contributed by atoms with Crippen molar-refractivity contribution < 1.29 is 23.9 Å². The molecule has 1 unspecified atom stereocenters. The Morgan fingerprint density at radius 3 is 2.41 bits per heavy atom. The Bertz CT molecular complexity index is 1820. The molecule has 0 aromatic heterocycles. The zero-order chi connectivity index (χ0) is 38.7. The smallest absolute Gasteiger partial charge is 0.258 e. The molecule has 54 heavy (non-hydrogen) atoms. The van der Waals surface area contributed by atoms with Crippen LogP contribution in [-0.2, 0) is 23.9 Å². The Balaban J connectivity index is 0.927. The fraction of sp³-hybridized carbons (Fsp3) is 0.538. The van der Waals surface area contributed by atoms with Crippen molar-refractivity contribution in [2.75, 3.05) is 48.3 Å². The molecule has 15 heteroatoms. The molecular weight excluding hydrogens is 728 g/mol. The first kappa shape index (κ1) is 39.6. The summed E-state index contributed by atoms with van der Waals surface area (Å²) in [5, 5.41) is 18.5. The highest BCUT2D eigenvalue weighted by molar-refractivity contribution is 7.80. The average Bonchev–Trinajstić information content (AvgIpc) is 3.30. The van der Waals surface area contributed by atoms with Crippen LogP contribution in [0.15, 0.2) is 42.5 Å². The number of thiocarbonyl (C=S) groups is 1. The quantitative estimate of drug-likeness (QED) is 0.219. The number of piperidine rings is 1. The first-order valence-corrected chi connectivity index (χ1v) is 19.5. The zero-order valence-corrected chi connectivity index (χ0v) is 32.8. The van der Waals surface area contributed by atoms with Gasteiger partial charge in [-0.2, -0.15) is 5.26 Å². The lowest BCUT2D eigenvalue weighted by Crippen LogP contribution is -2.58. The molecule has 3 aliphatic heterocycles. The normalized spacial score (nSPS) is 26.4. The molecule has 288 valence electrons. The Morgan fingerprint density at radius 2 is 1.74 bits per heavy atom. The highest BCUT2D eigenvalue weighted by Crippen LogP contribution is 2.39. The summed E-state index contributed by atoms with van der Waals surface area (Å²) in [7, 11) is 0. The minimum atomic E-state index is -0.812. The SMILES string of the molecule is C[C@@H]1CN(CCO[C@H]2CC[C@H](N3C(=S)N(c4ccc(C#N)c(Cl)c4)C(=O)C3(C)C)CC2)C[C@H](C)N1CC(=O)Nc1cccc(NC2CCC(=O)NC2=O)c1. The van der Waals surface area contributed by atoms with Crippen LogP contribution in [0.5, 0.6) is 0 Å². The van der Waals surface area contributed by atoms with Gasteiger partial charge < -0.3 is 20.3 Å². The van der Waals surface area contributed by atoms with Crippen molar-refractivity contribution >= 4 is 69.6 Å². The maximum absolute atomic E-state index is 13.6. The van der Waals surface area contributed by atoms with Crippen molar-refractivity contribution in [1.82, 2.24) is 20.0 Å². The predicted molar refractivity (Wildman–Crippen MR) is 211 cm³/mol. The number of benzene rings is 2. The van der Waals surface area contributed by atoms with E-state index in [-0.39, 0.29) is 65.8 Å². The Kier molecular flexibility index (Phi) is 12.2. The number of hydrogen-bond acceptors (Lipinski definition) is 10. The number of nitrogens with one attached hydrogen (secondary N) is 3. The lowest BCUT2D eigenvalue weighted by atomic mass is 9.89. The van der Waals surface area contributed by atoms with E-state index in [9.17, 15) is 24.4 Å². The number of carbonyl (C=O) groups is 4. The average molecular weight is 777 g/mol. The van der Waals surface area contributed by atoms with Gasteiger partial charge in [0, 0.05) is 55.6 Å². The van der Waals surface area contributed by atoms with E-state index in [2.05, 4.69) is 50.6 Å². The van der Waals surface area contributed by atoms with Crippen LogP contribution in [0, 0.1) is 11.3 Å². The number of nitriles is 1. The van der Waals surface area contributed by atoms with Gasteiger partial charge >= 0.3 is 0 Å². The fourth-order valence-electron chi connectivity index (χ4n) is 8.25. The van der Waals surface area contributed by atoms with E-state index in [0.29, 0.717) is 40.8 Å². The van der Waals surface area contributed by atoms with Crippen molar-refractivity contribution in [3.8, 4) is 6.07 Å². The van der Waals surface area contributed by atoms with Crippen LogP contribution in [0.3, 0.4) is 0 Å². The van der Waals surface area contributed by atoms with E-state index in [0.717, 1.165) is 45.3 Å². The number of halogens is 1. The molecule has 2 aromatic carbocycles. The van der Waals surface area contributed by atoms with Gasteiger partial charge in [-0.3, -0.25) is 39.2 Å². The third kappa shape index (κ3) is 8.71. The minimum Gasteiger partial charge on any atom is -0.377 e. The van der Waals surface area contributed by atoms with Crippen molar-refractivity contribution in [3.63, 3.8) is 0 Å². The van der Waals surface area contributed by atoms with E-state index in [4.69, 9.17) is 28.6 Å². The second kappa shape index (κ2) is 16.7. The van der Waals surface area contributed by atoms with Crippen LogP contribution >= 0.6 is 23.8 Å². The second-order valence-electron chi connectivity index (χ2n) is 15.3. The fourth-order valence-corrected chi connectivity index (χ4v) is 9.03. The maximum Gasteiger partial charge on any atom is 0.258 e. The van der Waals surface area contributed by atoms with Gasteiger partial charge in [-0.1, -0.05) is 17.7 Å². The largest absolute Gasteiger partial charge is 0.377 e. The lowest BCUT2D eigenvalue weighted by Gasteiger charge is -2.44. The molecule has 4 amide bonds. The second-order valence-corrected chi connectivity index (χ2v) is 16.1. The molecule has 0 bridgehead atoms. The summed E-state index contributed by atoms with van der Waals surface area (Å²) < 4.78 is 6.39. The van der Waals surface area contributed by atoms with Crippen LogP contribution in [-0.4, -0.2) is 112 Å². The molecule has 4 fully saturated rings. The number of hydrogen-bond donors (Lipinski definition) is 3. The minimum absolute atomic E-state index is 0.104. The molecule has 2 aromatic rings. The van der Waals surface area contributed by atoms with Gasteiger partial charge in [0.25, 0.3) is 5.91 Å². The molecule has 1 aliphatic carbocycles. The lowest BCUT2D eigenvalue weighted by molar-refractivity contribution is -0.133. The summed E-state index contributed by atoms with van der Waals surface area (Å²) in [6.07, 6.45) is 4.33. The van der Waals surface area contributed by atoms with Gasteiger partial charge in [0.05, 0.1) is 35.5 Å². The molecular formula is C39H49ClN8O5S. The monoisotopic (exact) mass is 776 g/mol. The Labute approximate surface area is 327 Å². The summed E-state index contributed by atoms with van der Waals surface area (Å²) in [6.45, 7) is 11.5. The standard InChI is InChI=1S/C39H49ClN8O5S/c1-24-21-45(22-25(2)46(24)23-35(50)43-28-7-5-6-27(18-28)42-33-14-15-34(49)44-36(33)51)16-17-53-31-12-10-29(11-13-31)48-38(54)47(37(52)39(48,3)4)30-9-8-26(20-41)32(40)19-30/h5-9,18-19,24-25,29,31,33,42H,10-17,21-23H2,1-4H3,(H,43,50)(H,44,49,51)/t24-,25+,29-,31-,33?. The molecule has 0 radical (unpaired) electrons. The topological polar surface area (TPSA) is 150 Å². The van der Waals surface area contributed by atoms with E-state index in [1.807, 2.05) is 32.0 Å². The van der Waals surface area contributed by atoms with Crippen molar-refractivity contribution in [3.05, 3.63) is 53.1 Å². The summed E-state index contributed by atoms with van der Waals surface area (Å²) in [5.74, 6) is -0.816. The molecule has 4 aliphatic rings. The number of amides is 4. The summed E-state index contributed by atoms with van der Waals surface area (Å²) in [5.41, 5.74) is 1.44. The van der Waals surface area contributed by atoms with E-state index < -0.39 is 11.6 Å². The zero-order valence-electron chi connectivity index (χ0n) is 31.3. The molecule has 0 spiro atoms. The van der Waals surface area contributed by atoms with Gasteiger partial charge in [-0.15, -0.1) is 0 Å². The molecule has 3 saturated heterocycles. The third-order valence-electron chi connectivity index (χ3n) is 11.1. The molecule has 6 rings (SSSR count). The number of ether oxygens (including phenoxy) is 1. The Hall–Kier alpha value is -4.13. The highest BCUT2D eigenvalue weighted by Gasteiger charge is 2.52. The van der Waals surface area contributed by atoms with Gasteiger partial charge in [0.2, 0.25) is 17.7 Å². The van der Waals surface area contributed by atoms with Crippen molar-refractivity contribution in [1.29, 1.82) is 5.26 Å². The summed E-state index contributed by atoms with van der Waals surface area (Å²) in [4.78, 5) is 58.6. The van der Waals surface area contributed by atoms with Gasteiger partial charge in [0.15, 0.2) is 5.11 Å². The van der Waals surface area contributed by atoms with Crippen LogP contribution in [0.2, 0.25) is 5.02 Å². The van der Waals surface area contributed by atoms with Gasteiger partial charge in [-0.25, -0.2) is 0 Å². The molecule has 3 N–H and O–H groups in total. The van der Waals surface area contributed by atoms with E-state index in [1.165, 1.54) is 0 Å². The summed E-state index contributed by atoms with van der Waals surface area (Å²) >= 11 is 12.2. The molecule has 13 nitrogen and oxygen atoms in total. The van der Waals surface area contributed by atoms with Crippen molar-refractivity contribution in [2.24, 2.45) is 0 Å². The number of carbonyl (C=O) groups excluding carboxylic acids is 4. The van der Waals surface area contributed by atoms with E-state index in [1.54, 1.807) is 29.2 Å². The number of nitrogens with zero attached hydrogens (tertiary/aromatic N) is 5. The molecule has 3 heterocycles. The maximum atomic E-state index is 13.6. The van der Waals surface area contributed by atoms with E-state index >= 15 is 0 Å². The summed E-state index contributed by atoms with van der Waals surface area (Å²) in [6, 6.07) is 14.2. The third-order valence-corrected chi connectivity index (χ3v) is 11.7. The number of rotatable bonds is 11. The van der Waals surface area contributed by atoms with Gasteiger partial charge in [0.1, 0.15) is 17.6 Å². The van der Waals surface area contributed by atoms with Crippen LogP contribution in [0.1, 0.15) is 71.8 Å². The van der Waals surface area contributed by atoms with Crippen LogP contribution in [0.4, 0.5) is 17.1 Å². The Morgan fingerprint density at radius 1 is 1.04 bits per heavy atom. The number of piperazine rings is 1. The first-order chi connectivity index (χ1) is 25.7.